The molecule has 5 nitrogen and oxygen atoms in total. The smallest absolute Gasteiger partial charge is 0.126 e. The van der Waals surface area contributed by atoms with Crippen LogP contribution in [0.1, 0.15) is 69.9 Å². The number of allylic oxidation sites excluding steroid dienone is 2. The average Bonchev–Trinajstić information content (AvgIpc) is 2.85. The van der Waals surface area contributed by atoms with Gasteiger partial charge in [0.15, 0.2) is 0 Å². The van der Waals surface area contributed by atoms with Crippen LogP contribution in [0.5, 0.6) is 11.5 Å². The van der Waals surface area contributed by atoms with Gasteiger partial charge in [0.25, 0.3) is 0 Å². The van der Waals surface area contributed by atoms with E-state index in [1.807, 2.05) is 0 Å². The van der Waals surface area contributed by atoms with Crippen LogP contribution in [0, 0.1) is 5.92 Å². The van der Waals surface area contributed by atoms with E-state index in [2.05, 4.69) is 50.5 Å². The molecule has 0 aromatic heterocycles. The van der Waals surface area contributed by atoms with Crippen molar-refractivity contribution >= 4 is 0 Å². The molecular formula is C29H45NO4. The first-order valence-corrected chi connectivity index (χ1v) is 12.8. The summed E-state index contributed by atoms with van der Waals surface area (Å²) in [7, 11) is 3.49. The van der Waals surface area contributed by atoms with E-state index in [1.165, 1.54) is 18.4 Å². The number of hydrogen-bond acceptors (Lipinski definition) is 5. The summed E-state index contributed by atoms with van der Waals surface area (Å²) < 4.78 is 17.4. The minimum absolute atomic E-state index is 0.0104. The van der Waals surface area contributed by atoms with Crippen molar-refractivity contribution in [2.45, 2.75) is 64.2 Å². The van der Waals surface area contributed by atoms with Gasteiger partial charge < -0.3 is 19.3 Å². The molecule has 1 fully saturated rings. The highest BCUT2D eigenvalue weighted by molar-refractivity contribution is 5.54. The fraction of sp³-hybridized carbons (Fsp3) is 0.655. The molecule has 0 amide bonds. The highest BCUT2D eigenvalue weighted by Gasteiger charge is 2.33. The van der Waals surface area contributed by atoms with Crippen LogP contribution >= 0.6 is 0 Å². The van der Waals surface area contributed by atoms with Gasteiger partial charge in [0.2, 0.25) is 0 Å². The van der Waals surface area contributed by atoms with E-state index in [0.717, 1.165) is 80.3 Å². The largest absolute Gasteiger partial charge is 0.496 e. The molecule has 1 aromatic carbocycles. The minimum atomic E-state index is 0.0104. The lowest BCUT2D eigenvalue weighted by molar-refractivity contribution is 0.0370. The van der Waals surface area contributed by atoms with Gasteiger partial charge in [-0.15, -0.1) is 0 Å². The van der Waals surface area contributed by atoms with Crippen molar-refractivity contribution in [1.29, 1.82) is 0 Å². The second-order valence-electron chi connectivity index (χ2n) is 10.6. The van der Waals surface area contributed by atoms with Gasteiger partial charge in [-0.25, -0.2) is 0 Å². The van der Waals surface area contributed by atoms with E-state index in [9.17, 15) is 5.11 Å². The molecule has 5 heteroatoms. The molecule has 2 atom stereocenters. The Balaban J connectivity index is 1.82. The van der Waals surface area contributed by atoms with Crippen LogP contribution in [0.15, 0.2) is 35.9 Å². The van der Waals surface area contributed by atoms with Gasteiger partial charge in [-0.2, -0.15) is 0 Å². The number of aliphatic hydroxyl groups is 1. The third-order valence-electron chi connectivity index (χ3n) is 7.75. The summed E-state index contributed by atoms with van der Waals surface area (Å²) in [4.78, 5) is 2.51. The Morgan fingerprint density at radius 2 is 1.79 bits per heavy atom. The van der Waals surface area contributed by atoms with Crippen LogP contribution in [0.4, 0.5) is 0 Å². The molecule has 1 N–H and O–H groups in total. The maximum Gasteiger partial charge on any atom is 0.126 e. The zero-order chi connectivity index (χ0) is 24.7. The number of morpholine rings is 1. The monoisotopic (exact) mass is 471 g/mol. The first kappa shape index (κ1) is 26.8. The summed E-state index contributed by atoms with van der Waals surface area (Å²) in [5.74, 6) is 2.12. The molecule has 3 rings (SSSR count). The van der Waals surface area contributed by atoms with Crippen LogP contribution in [-0.2, 0) is 10.2 Å². The lowest BCUT2D eigenvalue weighted by atomic mass is 9.72. The number of methoxy groups -OCH3 is 2. The van der Waals surface area contributed by atoms with E-state index in [1.54, 1.807) is 14.2 Å². The molecule has 0 radical (unpaired) electrons. The summed E-state index contributed by atoms with van der Waals surface area (Å²) in [5.41, 5.74) is 4.56. The molecule has 34 heavy (non-hydrogen) atoms. The zero-order valence-corrected chi connectivity index (χ0v) is 22.0. The summed E-state index contributed by atoms with van der Waals surface area (Å²) >= 11 is 0. The Labute approximate surface area is 206 Å². The van der Waals surface area contributed by atoms with Gasteiger partial charge in [-0.1, -0.05) is 38.5 Å². The van der Waals surface area contributed by atoms with Gasteiger partial charge >= 0.3 is 0 Å². The second kappa shape index (κ2) is 12.2. The Kier molecular flexibility index (Phi) is 9.64. The van der Waals surface area contributed by atoms with Crippen molar-refractivity contribution in [2.75, 3.05) is 53.7 Å². The molecule has 1 aromatic rings. The number of nitrogens with zero attached hydrogens (tertiary/aromatic N) is 1. The van der Waals surface area contributed by atoms with E-state index < -0.39 is 0 Å². The van der Waals surface area contributed by atoms with Crippen LogP contribution < -0.4 is 9.47 Å². The number of aliphatic hydroxyl groups excluding tert-OH is 1. The van der Waals surface area contributed by atoms with E-state index >= 15 is 0 Å². The molecular weight excluding hydrogens is 426 g/mol. The van der Waals surface area contributed by atoms with Crippen molar-refractivity contribution in [3.63, 3.8) is 0 Å². The van der Waals surface area contributed by atoms with E-state index in [0.29, 0.717) is 5.92 Å². The van der Waals surface area contributed by atoms with E-state index in [-0.39, 0.29) is 17.9 Å². The molecule has 1 aliphatic heterocycles. The third kappa shape index (κ3) is 6.44. The first-order valence-electron chi connectivity index (χ1n) is 12.8. The Bertz CT molecular complexity index is 829. The zero-order valence-electron chi connectivity index (χ0n) is 22.0. The first-order chi connectivity index (χ1) is 16.3. The van der Waals surface area contributed by atoms with Gasteiger partial charge in [0, 0.05) is 24.6 Å². The number of rotatable bonds is 11. The maximum atomic E-state index is 9.81. The molecule has 1 aliphatic carbocycles. The highest BCUT2D eigenvalue weighted by atomic mass is 16.5. The van der Waals surface area contributed by atoms with Crippen LogP contribution in [0.3, 0.4) is 0 Å². The predicted octanol–water partition coefficient (Wildman–Crippen LogP) is 5.47. The number of unbranched alkanes of at least 4 members (excludes halogenated alkanes) is 1. The topological polar surface area (TPSA) is 51.2 Å². The molecule has 0 spiro atoms. The molecule has 1 heterocycles. The van der Waals surface area contributed by atoms with Crippen LogP contribution in [0.25, 0.3) is 0 Å². The van der Waals surface area contributed by atoms with Crippen molar-refractivity contribution in [2.24, 2.45) is 5.92 Å². The fourth-order valence-corrected chi connectivity index (χ4v) is 5.47. The molecule has 190 valence electrons. The molecule has 2 aliphatic rings. The molecule has 1 unspecified atom stereocenters. The third-order valence-corrected chi connectivity index (χ3v) is 7.75. The number of benzene rings is 1. The quantitative estimate of drug-likeness (QED) is 0.342. The van der Waals surface area contributed by atoms with Crippen LogP contribution in [0.2, 0.25) is 0 Å². The van der Waals surface area contributed by atoms with Crippen molar-refractivity contribution in [3.05, 3.63) is 47.1 Å². The lowest BCUT2D eigenvalue weighted by Gasteiger charge is -2.34. The molecule has 1 saturated heterocycles. The number of hydrogen-bond donors (Lipinski definition) is 1. The maximum absolute atomic E-state index is 9.81. The summed E-state index contributed by atoms with van der Waals surface area (Å²) in [5, 5.41) is 9.81. The predicted molar refractivity (Wildman–Crippen MR) is 139 cm³/mol. The van der Waals surface area contributed by atoms with Crippen molar-refractivity contribution in [3.8, 4) is 11.5 Å². The average molecular weight is 472 g/mol. The van der Waals surface area contributed by atoms with Crippen LogP contribution in [-0.4, -0.2) is 63.7 Å². The van der Waals surface area contributed by atoms with Gasteiger partial charge in [0.05, 0.1) is 34.0 Å². The fourth-order valence-electron chi connectivity index (χ4n) is 5.47. The van der Waals surface area contributed by atoms with Crippen molar-refractivity contribution in [1.82, 2.24) is 4.90 Å². The SMILES string of the molecule is C=C(C)C1CCC(CO)=C[C@@H]1c1c(OC)cc(C(C)(C)CCCCN2CCOCC2)cc1OC. The van der Waals surface area contributed by atoms with Gasteiger partial charge in [-0.05, 0) is 73.8 Å². The Hall–Kier alpha value is -1.82. The van der Waals surface area contributed by atoms with E-state index in [4.69, 9.17) is 14.2 Å². The Morgan fingerprint density at radius 3 is 2.35 bits per heavy atom. The molecule has 0 saturated carbocycles. The summed E-state index contributed by atoms with van der Waals surface area (Å²) in [6.45, 7) is 16.1. The highest BCUT2D eigenvalue weighted by Crippen LogP contribution is 2.48. The minimum Gasteiger partial charge on any atom is -0.496 e. The normalized spacial score (nSPS) is 21.8. The Morgan fingerprint density at radius 1 is 1.15 bits per heavy atom. The lowest BCUT2D eigenvalue weighted by Crippen LogP contribution is -2.36. The van der Waals surface area contributed by atoms with Crippen molar-refractivity contribution < 1.29 is 19.3 Å². The standard InChI is InChI=1S/C29H45NO4/c1-21(2)24-10-9-22(20-31)17-25(24)28-26(32-5)18-23(19-27(28)33-6)29(3,4)11-7-8-12-30-13-15-34-16-14-30/h17-19,24-25,31H,1,7-16,20H2,2-6H3/t24?,25-/m0/s1. The summed E-state index contributed by atoms with van der Waals surface area (Å²) in [6, 6.07) is 4.41. The summed E-state index contributed by atoms with van der Waals surface area (Å²) in [6.07, 6.45) is 7.58. The van der Waals surface area contributed by atoms with Gasteiger partial charge in [-0.3, -0.25) is 4.90 Å². The second-order valence-corrected chi connectivity index (χ2v) is 10.6. The van der Waals surface area contributed by atoms with Gasteiger partial charge in [0.1, 0.15) is 11.5 Å². The number of ether oxygens (including phenoxy) is 3. The molecule has 0 bridgehead atoms.